The van der Waals surface area contributed by atoms with Crippen LogP contribution in [0.15, 0.2) is 24.3 Å². The zero-order valence-corrected chi connectivity index (χ0v) is 12.2. The molecule has 17 heavy (non-hydrogen) atoms. The van der Waals surface area contributed by atoms with Crippen LogP contribution in [0.25, 0.3) is 0 Å². The van der Waals surface area contributed by atoms with Gasteiger partial charge >= 0.3 is 109 Å². The third-order valence-corrected chi connectivity index (χ3v) is 4.22. The van der Waals surface area contributed by atoms with Crippen molar-refractivity contribution in [3.8, 4) is 0 Å². The summed E-state index contributed by atoms with van der Waals surface area (Å²) in [7, 11) is 1.52. The van der Waals surface area contributed by atoms with Crippen LogP contribution >= 0.6 is 0 Å². The predicted molar refractivity (Wildman–Crippen MR) is 70.7 cm³/mol. The van der Waals surface area contributed by atoms with E-state index in [0.29, 0.717) is 15.0 Å². The van der Waals surface area contributed by atoms with Crippen LogP contribution in [0.1, 0.15) is 25.5 Å². The molecule has 1 aromatic carbocycles. The van der Waals surface area contributed by atoms with Crippen molar-refractivity contribution in [2.45, 2.75) is 25.2 Å². The Balaban J connectivity index is 2.56. The fourth-order valence-corrected chi connectivity index (χ4v) is 2.91. The zero-order chi connectivity index (χ0) is 12.7. The first-order valence-electron chi connectivity index (χ1n) is 5.68. The topological polar surface area (TPSA) is 38.3 Å². The summed E-state index contributed by atoms with van der Waals surface area (Å²) in [6.07, 6.45) is 0. The van der Waals surface area contributed by atoms with E-state index >= 15 is 0 Å². The minimum absolute atomic E-state index is 0.0285. The maximum absolute atomic E-state index is 11.4. The van der Waals surface area contributed by atoms with E-state index in [2.05, 4.69) is 36.5 Å². The molecule has 0 fully saturated rings. The van der Waals surface area contributed by atoms with Crippen LogP contribution in [0.4, 0.5) is 0 Å². The quantitative estimate of drug-likeness (QED) is 0.804. The second-order valence-corrected chi connectivity index (χ2v) is 6.53. The van der Waals surface area contributed by atoms with E-state index in [1.54, 1.807) is 0 Å². The molecule has 0 saturated heterocycles. The molecule has 0 bridgehead atoms. The van der Waals surface area contributed by atoms with Crippen LogP contribution < -0.4 is 9.78 Å². The Morgan fingerprint density at radius 1 is 1.41 bits per heavy atom. The van der Waals surface area contributed by atoms with Gasteiger partial charge in [0.1, 0.15) is 0 Å². The summed E-state index contributed by atoms with van der Waals surface area (Å²) in [6.45, 7) is 4.29. The van der Waals surface area contributed by atoms with Crippen LogP contribution in [0.5, 0.6) is 0 Å². The van der Waals surface area contributed by atoms with E-state index in [-0.39, 0.29) is 18.6 Å². The average molecular weight is 300 g/mol. The van der Waals surface area contributed by atoms with Gasteiger partial charge in [0.2, 0.25) is 0 Å². The third-order valence-electron chi connectivity index (χ3n) is 2.34. The van der Waals surface area contributed by atoms with Gasteiger partial charge in [-0.25, -0.2) is 0 Å². The summed E-state index contributed by atoms with van der Waals surface area (Å²) in [5, 5.41) is 4.10. The van der Waals surface area contributed by atoms with E-state index in [1.165, 1.54) is 16.9 Å². The number of methoxy groups -OCH3 is 1. The Morgan fingerprint density at radius 2 is 2.06 bits per heavy atom. The molecule has 0 aromatic heterocycles. The van der Waals surface area contributed by atoms with Gasteiger partial charge in [-0.3, -0.25) is 0 Å². The SMILES string of the molecule is CC[Se]c1ccc([C@@H](C)NC(=O)COC)cc1. The molecule has 0 radical (unpaired) electrons. The Kier molecular flexibility index (Phi) is 6.27. The van der Waals surface area contributed by atoms with Gasteiger partial charge in [-0.15, -0.1) is 0 Å². The molecule has 1 rings (SSSR count). The number of amides is 1. The van der Waals surface area contributed by atoms with Gasteiger partial charge in [0.15, 0.2) is 0 Å². The molecule has 3 nitrogen and oxygen atoms in total. The van der Waals surface area contributed by atoms with Gasteiger partial charge in [0, 0.05) is 0 Å². The van der Waals surface area contributed by atoms with Gasteiger partial charge in [-0.2, -0.15) is 0 Å². The summed E-state index contributed by atoms with van der Waals surface area (Å²) in [5.74, 6) is -0.0816. The van der Waals surface area contributed by atoms with Gasteiger partial charge < -0.3 is 0 Å². The number of nitrogens with one attached hydrogen (secondary N) is 1. The van der Waals surface area contributed by atoms with Gasteiger partial charge in [0.25, 0.3) is 0 Å². The Labute approximate surface area is 109 Å². The van der Waals surface area contributed by atoms with E-state index in [9.17, 15) is 4.79 Å². The van der Waals surface area contributed by atoms with Crippen LogP contribution in [0, 0.1) is 0 Å². The Bertz CT molecular complexity index is 351. The van der Waals surface area contributed by atoms with Crippen LogP contribution in [-0.2, 0) is 9.53 Å². The number of rotatable bonds is 6. The first kappa shape index (κ1) is 14.2. The summed E-state index contributed by atoms with van der Waals surface area (Å²) >= 11 is 0.571. The molecule has 4 heteroatoms. The van der Waals surface area contributed by atoms with Crippen molar-refractivity contribution in [3.05, 3.63) is 29.8 Å². The maximum atomic E-state index is 11.4. The van der Waals surface area contributed by atoms with E-state index < -0.39 is 0 Å². The summed E-state index contributed by atoms with van der Waals surface area (Å²) in [4.78, 5) is 11.4. The van der Waals surface area contributed by atoms with Crippen molar-refractivity contribution < 1.29 is 9.53 Å². The first-order valence-corrected chi connectivity index (χ1v) is 7.75. The van der Waals surface area contributed by atoms with Gasteiger partial charge in [-0.05, 0) is 0 Å². The molecule has 0 unspecified atom stereocenters. The van der Waals surface area contributed by atoms with Crippen LogP contribution in [0.2, 0.25) is 5.32 Å². The molecule has 0 saturated carbocycles. The van der Waals surface area contributed by atoms with E-state index in [0.717, 1.165) is 5.56 Å². The molecular weight excluding hydrogens is 281 g/mol. The van der Waals surface area contributed by atoms with Crippen LogP contribution in [0.3, 0.4) is 0 Å². The normalized spacial score (nSPS) is 12.2. The predicted octanol–water partition coefficient (Wildman–Crippen LogP) is 1.28. The molecule has 0 spiro atoms. The van der Waals surface area contributed by atoms with Crippen molar-refractivity contribution in [2.75, 3.05) is 13.7 Å². The third kappa shape index (κ3) is 4.90. The standard InChI is InChI=1S/C13H19NO2Se/c1-4-17-12-7-5-11(6-8-12)10(2)14-13(15)9-16-3/h5-8,10H,4,9H2,1-3H3,(H,14,15)/t10-/m1/s1. The molecule has 1 atom stereocenters. The molecule has 0 aliphatic heterocycles. The average Bonchev–Trinajstić information content (AvgIpc) is 2.30. The van der Waals surface area contributed by atoms with Crippen molar-refractivity contribution >= 4 is 25.3 Å². The molecule has 0 aliphatic rings. The summed E-state index contributed by atoms with van der Waals surface area (Å²) in [5.41, 5.74) is 1.13. The van der Waals surface area contributed by atoms with Crippen molar-refractivity contribution in [3.63, 3.8) is 0 Å². The second kappa shape index (κ2) is 7.49. The Hall–Kier alpha value is -0.831. The monoisotopic (exact) mass is 301 g/mol. The summed E-state index contributed by atoms with van der Waals surface area (Å²) in [6, 6.07) is 8.51. The minimum atomic E-state index is -0.0816. The molecule has 94 valence electrons. The van der Waals surface area contributed by atoms with Crippen molar-refractivity contribution in [1.29, 1.82) is 0 Å². The first-order chi connectivity index (χ1) is 8.17. The number of hydrogen-bond donors (Lipinski definition) is 1. The van der Waals surface area contributed by atoms with E-state index in [1.807, 2.05) is 6.92 Å². The Morgan fingerprint density at radius 3 is 2.59 bits per heavy atom. The molecular formula is C13H19NO2Se. The molecule has 0 aliphatic carbocycles. The van der Waals surface area contributed by atoms with Gasteiger partial charge in [0.05, 0.1) is 0 Å². The van der Waals surface area contributed by atoms with Gasteiger partial charge in [-0.1, -0.05) is 0 Å². The number of hydrogen-bond acceptors (Lipinski definition) is 2. The molecule has 1 aromatic rings. The second-order valence-electron chi connectivity index (χ2n) is 3.72. The number of carbonyl (C=O) groups excluding carboxylic acids is 1. The number of ether oxygens (including phenoxy) is 1. The van der Waals surface area contributed by atoms with Crippen LogP contribution in [-0.4, -0.2) is 34.6 Å². The van der Waals surface area contributed by atoms with Crippen molar-refractivity contribution in [2.24, 2.45) is 0 Å². The fourth-order valence-electron chi connectivity index (χ4n) is 1.52. The number of benzene rings is 1. The molecule has 0 heterocycles. The number of carbonyl (C=O) groups is 1. The molecule has 1 amide bonds. The fraction of sp³-hybridized carbons (Fsp3) is 0.462. The summed E-state index contributed by atoms with van der Waals surface area (Å²) < 4.78 is 6.18. The zero-order valence-electron chi connectivity index (χ0n) is 10.5. The molecule has 1 N–H and O–H groups in total. The van der Waals surface area contributed by atoms with E-state index in [4.69, 9.17) is 4.74 Å². The van der Waals surface area contributed by atoms with Crippen molar-refractivity contribution in [1.82, 2.24) is 5.32 Å².